The van der Waals surface area contributed by atoms with Crippen molar-refractivity contribution in [2.75, 3.05) is 7.11 Å². The van der Waals surface area contributed by atoms with Gasteiger partial charge < -0.3 is 20.3 Å². The number of carboxylic acids is 1. The van der Waals surface area contributed by atoms with Gasteiger partial charge in [0, 0.05) is 63.2 Å². The molecule has 0 spiro atoms. The van der Waals surface area contributed by atoms with Crippen LogP contribution in [0, 0.1) is 0 Å². The first-order chi connectivity index (χ1) is 8.93. The summed E-state index contributed by atoms with van der Waals surface area (Å²) >= 11 is 0. The van der Waals surface area contributed by atoms with E-state index in [2.05, 4.69) is 10.1 Å². The van der Waals surface area contributed by atoms with E-state index in [0.29, 0.717) is 11.3 Å². The van der Waals surface area contributed by atoms with Gasteiger partial charge in [-0.05, 0) is 24.6 Å². The van der Waals surface area contributed by atoms with E-state index in [0.717, 1.165) is 6.08 Å². The normalized spacial score (nSPS) is 12.0. The van der Waals surface area contributed by atoms with Crippen LogP contribution < -0.4 is 5.32 Å². The number of aliphatic carboxylic acids is 1. The summed E-state index contributed by atoms with van der Waals surface area (Å²) < 4.78 is 4.45. The van der Waals surface area contributed by atoms with Crippen LogP contribution in [0.3, 0.4) is 0 Å². The van der Waals surface area contributed by atoms with E-state index < -0.39 is 18.0 Å². The van der Waals surface area contributed by atoms with Crippen LogP contribution in [0.2, 0.25) is 0 Å². The maximum Gasteiger partial charge on any atom is 0.332 e. The quantitative estimate of drug-likeness (QED) is 0.423. The van der Waals surface area contributed by atoms with Crippen molar-refractivity contribution < 1.29 is 24.5 Å². The molecule has 0 amide bonds. The number of hydrogen-bond acceptors (Lipinski definition) is 5. The molecular weight excluding hydrogens is 289 g/mol. The molecule has 1 aromatic rings. The zero-order valence-corrected chi connectivity index (χ0v) is 14.7. The minimum Gasteiger partial charge on any atom is -0.508 e. The Morgan fingerprint density at radius 2 is 1.85 bits per heavy atom. The van der Waals surface area contributed by atoms with Crippen LogP contribution in [0.25, 0.3) is 0 Å². The molecule has 0 bridgehead atoms. The van der Waals surface area contributed by atoms with Crippen LogP contribution in [0.1, 0.15) is 18.5 Å². The van der Waals surface area contributed by atoms with Gasteiger partial charge in [0.15, 0.2) is 0 Å². The molecule has 0 saturated heterocycles. The van der Waals surface area contributed by atoms with Crippen LogP contribution in [-0.2, 0) is 14.3 Å². The van der Waals surface area contributed by atoms with Gasteiger partial charge in [-0.2, -0.15) is 0 Å². The van der Waals surface area contributed by atoms with Gasteiger partial charge in [0.2, 0.25) is 0 Å². The molecule has 6 nitrogen and oxygen atoms in total. The number of aromatic hydroxyl groups is 1. The second-order valence-electron chi connectivity index (χ2n) is 3.86. The van der Waals surface area contributed by atoms with Crippen molar-refractivity contribution in [1.82, 2.24) is 5.32 Å². The Balaban J connectivity index is 0.00000361. The molecule has 3 N–H and O–H groups in total. The Morgan fingerprint density at radius 3 is 2.30 bits per heavy atom. The summed E-state index contributed by atoms with van der Waals surface area (Å²) in [4.78, 5) is 22.2. The molecule has 1 rings (SSSR count). The molecular formula is C13H15KNO5. The van der Waals surface area contributed by atoms with Crippen molar-refractivity contribution in [3.05, 3.63) is 41.6 Å². The molecule has 0 aliphatic rings. The number of nitrogens with one attached hydrogen (secondary N) is 1. The summed E-state index contributed by atoms with van der Waals surface area (Å²) in [6, 6.07) is 4.76. The van der Waals surface area contributed by atoms with Crippen molar-refractivity contribution in [2.45, 2.75) is 13.0 Å². The zero-order chi connectivity index (χ0) is 14.4. The maximum atomic E-state index is 11.2. The smallest absolute Gasteiger partial charge is 0.332 e. The number of phenolic OH excluding ortho intramolecular Hbond substituents is 1. The van der Waals surface area contributed by atoms with Gasteiger partial charge in [-0.3, -0.25) is 0 Å². The second-order valence-corrected chi connectivity index (χ2v) is 3.86. The van der Waals surface area contributed by atoms with E-state index in [-0.39, 0.29) is 57.1 Å². The Labute approximate surface area is 159 Å². The number of ether oxygens (including phenoxy) is 1. The van der Waals surface area contributed by atoms with Crippen molar-refractivity contribution in [3.8, 4) is 5.75 Å². The monoisotopic (exact) mass is 304 g/mol. The van der Waals surface area contributed by atoms with Crippen LogP contribution in [0.15, 0.2) is 36.0 Å². The van der Waals surface area contributed by atoms with Gasteiger partial charge in [0.05, 0.1) is 7.11 Å². The molecule has 1 radical (unpaired) electrons. The first kappa shape index (κ1) is 19.1. The summed E-state index contributed by atoms with van der Waals surface area (Å²) in [6.07, 6.45) is 1.16. The van der Waals surface area contributed by atoms with Crippen LogP contribution in [-0.4, -0.2) is 80.6 Å². The Morgan fingerprint density at radius 1 is 1.30 bits per heavy atom. The molecule has 1 atom stereocenters. The second kappa shape index (κ2) is 9.14. The number of carbonyl (C=O) groups is 2. The summed E-state index contributed by atoms with van der Waals surface area (Å²) in [6.45, 7) is 1.56. The van der Waals surface area contributed by atoms with Crippen molar-refractivity contribution in [1.29, 1.82) is 0 Å². The van der Waals surface area contributed by atoms with Crippen molar-refractivity contribution in [3.63, 3.8) is 0 Å². The summed E-state index contributed by atoms with van der Waals surface area (Å²) in [7, 11) is 1.24. The third-order valence-electron chi connectivity index (χ3n) is 2.38. The number of allylic oxidation sites excluding steroid dienone is 1. The fourth-order valence-electron chi connectivity index (χ4n) is 1.46. The minimum absolute atomic E-state index is 0. The van der Waals surface area contributed by atoms with Gasteiger partial charge >= 0.3 is 11.9 Å². The van der Waals surface area contributed by atoms with Crippen LogP contribution >= 0.6 is 0 Å². The summed E-state index contributed by atoms with van der Waals surface area (Å²) in [5.74, 6) is -1.61. The minimum atomic E-state index is -1.09. The Kier molecular flexibility index (Phi) is 8.75. The molecule has 0 fully saturated rings. The van der Waals surface area contributed by atoms with E-state index in [1.807, 2.05) is 0 Å². The molecule has 0 heterocycles. The number of benzene rings is 1. The van der Waals surface area contributed by atoms with Gasteiger partial charge in [-0.15, -0.1) is 0 Å². The first-order valence-corrected chi connectivity index (χ1v) is 5.48. The standard InChI is InChI=1S/C13H15NO5.K/c1-8(7-11(16)19-2)14-12(13(17)18)9-3-5-10(15)6-4-9;/h3-7,12,14-15H,1-2H3,(H,17,18);/b8-7-;/t12-;/m1./s1. The molecule has 1 aromatic carbocycles. The maximum absolute atomic E-state index is 11.2. The topological polar surface area (TPSA) is 95.9 Å². The van der Waals surface area contributed by atoms with Crippen LogP contribution in [0.4, 0.5) is 0 Å². The molecule has 103 valence electrons. The Bertz CT molecular complexity index is 498. The van der Waals surface area contributed by atoms with Gasteiger partial charge in [0.1, 0.15) is 11.8 Å². The molecule has 0 aromatic heterocycles. The van der Waals surface area contributed by atoms with E-state index in [4.69, 9.17) is 10.2 Å². The molecule has 20 heavy (non-hydrogen) atoms. The number of phenols is 1. The predicted molar refractivity (Wildman–Crippen MR) is 73.1 cm³/mol. The van der Waals surface area contributed by atoms with Crippen molar-refractivity contribution >= 4 is 63.3 Å². The SMILES string of the molecule is COC(=O)/C=C(/C)N[C@@H](C(=O)O)c1ccc(O)cc1.[K]. The van der Waals surface area contributed by atoms with E-state index in [9.17, 15) is 9.59 Å². The zero-order valence-electron chi connectivity index (χ0n) is 11.6. The molecule has 7 heteroatoms. The molecule has 0 unspecified atom stereocenters. The number of esters is 1. The molecule has 0 aliphatic heterocycles. The fraction of sp³-hybridized carbons (Fsp3) is 0.231. The first-order valence-electron chi connectivity index (χ1n) is 5.48. The average molecular weight is 304 g/mol. The van der Waals surface area contributed by atoms with Crippen LogP contribution in [0.5, 0.6) is 5.75 Å². The summed E-state index contributed by atoms with van der Waals surface area (Å²) in [5, 5.41) is 21.0. The van der Waals surface area contributed by atoms with Gasteiger partial charge in [0.25, 0.3) is 0 Å². The number of carbonyl (C=O) groups excluding carboxylic acids is 1. The molecule has 0 saturated carbocycles. The number of hydrogen-bond donors (Lipinski definition) is 3. The van der Waals surface area contributed by atoms with Gasteiger partial charge in [-0.1, -0.05) is 12.1 Å². The Hall–Kier alpha value is -0.864. The number of carboxylic acid groups (broad SMARTS) is 1. The van der Waals surface area contributed by atoms with E-state index in [1.54, 1.807) is 6.92 Å². The fourth-order valence-corrected chi connectivity index (χ4v) is 1.46. The van der Waals surface area contributed by atoms with Gasteiger partial charge in [-0.25, -0.2) is 9.59 Å². The van der Waals surface area contributed by atoms with E-state index >= 15 is 0 Å². The predicted octanol–water partition coefficient (Wildman–Crippen LogP) is 0.803. The molecule has 0 aliphatic carbocycles. The number of methoxy groups -OCH3 is 1. The third-order valence-corrected chi connectivity index (χ3v) is 2.38. The largest absolute Gasteiger partial charge is 0.508 e. The number of rotatable bonds is 5. The average Bonchev–Trinajstić information content (AvgIpc) is 2.36. The van der Waals surface area contributed by atoms with E-state index in [1.165, 1.54) is 31.4 Å². The third kappa shape index (κ3) is 6.06. The summed E-state index contributed by atoms with van der Waals surface area (Å²) in [5.41, 5.74) is 0.829. The van der Waals surface area contributed by atoms with Crippen molar-refractivity contribution in [2.24, 2.45) is 0 Å².